The number of carbonyl (C=O) groups excluding carboxylic acids is 2. The van der Waals surface area contributed by atoms with Crippen LogP contribution in [0.25, 0.3) is 0 Å². The standard InChI is InChI=1S/C22H28N2O3/c1-18(25)24(17-20-12-7-4-8-13-20)21(16-19-10-5-3-6-11-19)22(26)23-14-9-15-27-2/h3-8,10-13,21H,9,14-17H2,1-2H3,(H,23,26)/t21-/m0/s1. The van der Waals surface area contributed by atoms with Gasteiger partial charge in [-0.25, -0.2) is 0 Å². The molecule has 0 fully saturated rings. The van der Waals surface area contributed by atoms with E-state index < -0.39 is 6.04 Å². The summed E-state index contributed by atoms with van der Waals surface area (Å²) >= 11 is 0. The summed E-state index contributed by atoms with van der Waals surface area (Å²) in [6.45, 7) is 3.03. The lowest BCUT2D eigenvalue weighted by molar-refractivity contribution is -0.139. The van der Waals surface area contributed by atoms with Crippen molar-refractivity contribution in [3.8, 4) is 0 Å². The number of ether oxygens (including phenoxy) is 1. The van der Waals surface area contributed by atoms with Crippen molar-refractivity contribution in [2.24, 2.45) is 0 Å². The van der Waals surface area contributed by atoms with Gasteiger partial charge >= 0.3 is 0 Å². The average Bonchev–Trinajstić information content (AvgIpc) is 2.69. The molecule has 0 aromatic heterocycles. The Morgan fingerprint density at radius 3 is 2.15 bits per heavy atom. The van der Waals surface area contributed by atoms with E-state index >= 15 is 0 Å². The zero-order chi connectivity index (χ0) is 19.5. The van der Waals surface area contributed by atoms with Gasteiger partial charge in [0.2, 0.25) is 11.8 Å². The number of rotatable bonds is 10. The van der Waals surface area contributed by atoms with Crippen LogP contribution in [-0.4, -0.2) is 43.0 Å². The van der Waals surface area contributed by atoms with Gasteiger partial charge in [-0.3, -0.25) is 9.59 Å². The summed E-state index contributed by atoms with van der Waals surface area (Å²) in [6.07, 6.45) is 1.21. The SMILES string of the molecule is COCCCNC(=O)[C@H](Cc1ccccc1)N(Cc1ccccc1)C(C)=O. The fourth-order valence-electron chi connectivity index (χ4n) is 2.95. The van der Waals surface area contributed by atoms with Crippen LogP contribution in [0.4, 0.5) is 0 Å². The van der Waals surface area contributed by atoms with Gasteiger partial charge in [0.1, 0.15) is 6.04 Å². The lowest BCUT2D eigenvalue weighted by atomic mass is 10.0. The number of carbonyl (C=O) groups is 2. The molecule has 0 aliphatic rings. The van der Waals surface area contributed by atoms with Crippen LogP contribution < -0.4 is 5.32 Å². The minimum atomic E-state index is -0.562. The molecule has 0 unspecified atom stereocenters. The number of benzene rings is 2. The smallest absolute Gasteiger partial charge is 0.243 e. The summed E-state index contributed by atoms with van der Waals surface area (Å²) in [5.74, 6) is -0.257. The Balaban J connectivity index is 2.18. The first-order valence-corrected chi connectivity index (χ1v) is 9.23. The molecule has 1 atom stereocenters. The molecule has 0 saturated carbocycles. The fraction of sp³-hybridized carbons (Fsp3) is 0.364. The number of nitrogens with zero attached hydrogens (tertiary/aromatic N) is 1. The Morgan fingerprint density at radius 2 is 1.59 bits per heavy atom. The topological polar surface area (TPSA) is 58.6 Å². The third-order valence-electron chi connectivity index (χ3n) is 4.38. The van der Waals surface area contributed by atoms with Gasteiger partial charge in [0, 0.05) is 40.2 Å². The maximum Gasteiger partial charge on any atom is 0.243 e. The second-order valence-corrected chi connectivity index (χ2v) is 6.48. The van der Waals surface area contributed by atoms with Crippen molar-refractivity contribution in [3.05, 3.63) is 71.8 Å². The average molecular weight is 368 g/mol. The molecule has 0 bridgehead atoms. The molecular weight excluding hydrogens is 340 g/mol. The molecule has 0 radical (unpaired) electrons. The van der Waals surface area contributed by atoms with E-state index in [0.717, 1.165) is 17.5 Å². The molecule has 27 heavy (non-hydrogen) atoms. The van der Waals surface area contributed by atoms with Crippen molar-refractivity contribution in [2.75, 3.05) is 20.3 Å². The van der Waals surface area contributed by atoms with Gasteiger partial charge in [-0.2, -0.15) is 0 Å². The molecular formula is C22H28N2O3. The molecule has 0 aliphatic heterocycles. The highest BCUT2D eigenvalue weighted by molar-refractivity contribution is 5.87. The maximum absolute atomic E-state index is 12.9. The summed E-state index contributed by atoms with van der Waals surface area (Å²) < 4.78 is 5.03. The van der Waals surface area contributed by atoms with E-state index in [1.54, 1.807) is 12.0 Å². The van der Waals surface area contributed by atoms with Crippen LogP contribution in [-0.2, 0) is 27.3 Å². The molecule has 144 valence electrons. The molecule has 5 nitrogen and oxygen atoms in total. The Morgan fingerprint density at radius 1 is 1.00 bits per heavy atom. The zero-order valence-electron chi connectivity index (χ0n) is 16.1. The maximum atomic E-state index is 12.9. The highest BCUT2D eigenvalue weighted by Crippen LogP contribution is 2.14. The van der Waals surface area contributed by atoms with Crippen molar-refractivity contribution in [1.29, 1.82) is 0 Å². The van der Waals surface area contributed by atoms with E-state index in [2.05, 4.69) is 5.32 Å². The summed E-state index contributed by atoms with van der Waals surface area (Å²) in [4.78, 5) is 26.9. The van der Waals surface area contributed by atoms with Crippen LogP contribution in [0.5, 0.6) is 0 Å². The second kappa shape index (κ2) is 11.1. The lowest BCUT2D eigenvalue weighted by Crippen LogP contribution is -2.50. The van der Waals surface area contributed by atoms with Gasteiger partial charge < -0.3 is 15.0 Å². The third kappa shape index (κ3) is 6.87. The summed E-state index contributed by atoms with van der Waals surface area (Å²) in [7, 11) is 1.64. The fourth-order valence-corrected chi connectivity index (χ4v) is 2.95. The quantitative estimate of drug-likeness (QED) is 0.656. The summed E-state index contributed by atoms with van der Waals surface area (Å²) in [5, 5.41) is 2.95. The molecule has 2 aromatic carbocycles. The minimum absolute atomic E-state index is 0.119. The Kier molecular flexibility index (Phi) is 8.52. The second-order valence-electron chi connectivity index (χ2n) is 6.48. The molecule has 1 N–H and O–H groups in total. The summed E-state index contributed by atoms with van der Waals surface area (Å²) in [5.41, 5.74) is 2.02. The number of hydrogen-bond acceptors (Lipinski definition) is 3. The van der Waals surface area contributed by atoms with Crippen LogP contribution in [0.3, 0.4) is 0 Å². The first-order chi connectivity index (χ1) is 13.1. The van der Waals surface area contributed by atoms with Crippen molar-refractivity contribution in [3.63, 3.8) is 0 Å². The predicted octanol–water partition coefficient (Wildman–Crippen LogP) is 2.80. The van der Waals surface area contributed by atoms with Crippen LogP contribution in [0.15, 0.2) is 60.7 Å². The summed E-state index contributed by atoms with van der Waals surface area (Å²) in [6, 6.07) is 19.0. The molecule has 0 aliphatic carbocycles. The van der Waals surface area contributed by atoms with E-state index in [4.69, 9.17) is 4.74 Å². The molecule has 2 aromatic rings. The zero-order valence-corrected chi connectivity index (χ0v) is 16.1. The molecule has 0 spiro atoms. The van der Waals surface area contributed by atoms with Gasteiger partial charge in [-0.05, 0) is 17.5 Å². The Bertz CT molecular complexity index is 704. The lowest BCUT2D eigenvalue weighted by Gasteiger charge is -2.30. The monoisotopic (exact) mass is 368 g/mol. The molecule has 5 heteroatoms. The highest BCUT2D eigenvalue weighted by atomic mass is 16.5. The Labute approximate surface area is 161 Å². The van der Waals surface area contributed by atoms with E-state index in [1.165, 1.54) is 6.92 Å². The van der Waals surface area contributed by atoms with E-state index in [9.17, 15) is 9.59 Å². The normalized spacial score (nSPS) is 11.6. The van der Waals surface area contributed by atoms with Crippen molar-refractivity contribution < 1.29 is 14.3 Å². The Hall–Kier alpha value is -2.66. The van der Waals surface area contributed by atoms with Gasteiger partial charge in [0.05, 0.1) is 0 Å². The van der Waals surface area contributed by atoms with Crippen molar-refractivity contribution in [1.82, 2.24) is 10.2 Å². The van der Waals surface area contributed by atoms with Crippen LogP contribution >= 0.6 is 0 Å². The largest absolute Gasteiger partial charge is 0.385 e. The number of nitrogens with one attached hydrogen (secondary N) is 1. The molecule has 0 saturated heterocycles. The van der Waals surface area contributed by atoms with E-state index in [1.807, 2.05) is 60.7 Å². The highest BCUT2D eigenvalue weighted by Gasteiger charge is 2.28. The van der Waals surface area contributed by atoms with Gasteiger partial charge in [-0.15, -0.1) is 0 Å². The first kappa shape index (κ1) is 20.6. The van der Waals surface area contributed by atoms with Gasteiger partial charge in [-0.1, -0.05) is 60.7 Å². The van der Waals surface area contributed by atoms with Crippen molar-refractivity contribution in [2.45, 2.75) is 32.4 Å². The first-order valence-electron chi connectivity index (χ1n) is 9.23. The van der Waals surface area contributed by atoms with Gasteiger partial charge in [0.25, 0.3) is 0 Å². The predicted molar refractivity (Wildman–Crippen MR) is 106 cm³/mol. The number of hydrogen-bond donors (Lipinski definition) is 1. The van der Waals surface area contributed by atoms with Crippen LogP contribution in [0.2, 0.25) is 0 Å². The van der Waals surface area contributed by atoms with Crippen molar-refractivity contribution >= 4 is 11.8 Å². The van der Waals surface area contributed by atoms with Gasteiger partial charge in [0.15, 0.2) is 0 Å². The number of amides is 2. The molecule has 0 heterocycles. The molecule has 2 rings (SSSR count). The molecule has 2 amide bonds. The van der Waals surface area contributed by atoms with E-state index in [-0.39, 0.29) is 11.8 Å². The number of methoxy groups -OCH3 is 1. The van der Waals surface area contributed by atoms with E-state index in [0.29, 0.717) is 26.1 Å². The van der Waals surface area contributed by atoms with Crippen LogP contribution in [0.1, 0.15) is 24.5 Å². The van der Waals surface area contributed by atoms with Crippen LogP contribution in [0, 0.1) is 0 Å². The third-order valence-corrected chi connectivity index (χ3v) is 4.38. The minimum Gasteiger partial charge on any atom is -0.385 e.